The average molecular weight is 356 g/mol. The van der Waals surface area contributed by atoms with Crippen LogP contribution in [0.3, 0.4) is 0 Å². The Morgan fingerprint density at radius 2 is 1.95 bits per heavy atom. The first-order chi connectivity index (χ1) is 10.8. The summed E-state index contributed by atoms with van der Waals surface area (Å²) < 4.78 is 6.52. The number of fused-ring (bicyclic) bond motifs is 3. The molecule has 0 fully saturated rings. The Bertz CT molecular complexity index is 723. The van der Waals surface area contributed by atoms with E-state index in [0.29, 0.717) is 17.9 Å². The van der Waals surface area contributed by atoms with Gasteiger partial charge in [-0.05, 0) is 53.8 Å². The van der Waals surface area contributed by atoms with E-state index in [0.717, 1.165) is 16.6 Å². The van der Waals surface area contributed by atoms with Gasteiger partial charge in [-0.1, -0.05) is 40.2 Å². The number of nitrogens with one attached hydrogen (secondary N) is 1. The maximum absolute atomic E-state index is 5.40. The summed E-state index contributed by atoms with van der Waals surface area (Å²) in [4.78, 5) is 0. The van der Waals surface area contributed by atoms with E-state index in [4.69, 9.17) is 4.74 Å². The number of hydrogen-bond acceptors (Lipinski definition) is 2. The topological polar surface area (TPSA) is 21.3 Å². The van der Waals surface area contributed by atoms with Crippen molar-refractivity contribution in [3.05, 3.63) is 70.2 Å². The fraction of sp³-hybridized carbons (Fsp3) is 0.263. The molecule has 0 radical (unpaired) electrons. The van der Waals surface area contributed by atoms with Gasteiger partial charge in [-0.2, -0.15) is 0 Å². The number of anilines is 1. The van der Waals surface area contributed by atoms with E-state index >= 15 is 0 Å². The van der Waals surface area contributed by atoms with Crippen molar-refractivity contribution in [3.8, 4) is 5.75 Å². The summed E-state index contributed by atoms with van der Waals surface area (Å²) in [6.07, 6.45) is 5.79. The van der Waals surface area contributed by atoms with Crippen LogP contribution in [0.25, 0.3) is 0 Å². The van der Waals surface area contributed by atoms with E-state index in [1.807, 2.05) is 6.07 Å². The first kappa shape index (κ1) is 13.9. The lowest BCUT2D eigenvalue weighted by atomic mass is 9.77. The van der Waals surface area contributed by atoms with Gasteiger partial charge in [0, 0.05) is 16.1 Å². The largest absolute Gasteiger partial charge is 0.497 e. The minimum atomic E-state index is 0.356. The highest BCUT2D eigenvalue weighted by Gasteiger charge is 2.37. The van der Waals surface area contributed by atoms with Crippen LogP contribution in [0, 0.1) is 5.92 Å². The molecule has 2 aromatic carbocycles. The zero-order chi connectivity index (χ0) is 15.1. The minimum absolute atomic E-state index is 0.356. The second kappa shape index (κ2) is 5.47. The molecule has 0 bridgehead atoms. The molecule has 1 N–H and O–H groups in total. The van der Waals surface area contributed by atoms with E-state index in [-0.39, 0.29) is 0 Å². The summed E-state index contributed by atoms with van der Waals surface area (Å²) in [5, 5.41) is 3.74. The maximum atomic E-state index is 5.40. The zero-order valence-corrected chi connectivity index (χ0v) is 14.0. The second-order valence-electron chi connectivity index (χ2n) is 5.98. The van der Waals surface area contributed by atoms with Crippen LogP contribution in [0.15, 0.2) is 59.1 Å². The lowest BCUT2D eigenvalue weighted by molar-refractivity contribution is 0.405. The molecule has 0 saturated heterocycles. The van der Waals surface area contributed by atoms with Crippen molar-refractivity contribution in [1.82, 2.24) is 0 Å². The second-order valence-corrected chi connectivity index (χ2v) is 6.90. The van der Waals surface area contributed by atoms with Crippen LogP contribution in [-0.2, 0) is 0 Å². The fourth-order valence-corrected chi connectivity index (χ4v) is 3.96. The van der Waals surface area contributed by atoms with Crippen LogP contribution in [0.4, 0.5) is 5.69 Å². The van der Waals surface area contributed by atoms with Crippen LogP contribution in [0.1, 0.15) is 29.5 Å². The Morgan fingerprint density at radius 1 is 1.14 bits per heavy atom. The third kappa shape index (κ3) is 2.24. The summed E-state index contributed by atoms with van der Waals surface area (Å²) >= 11 is 3.52. The molecule has 22 heavy (non-hydrogen) atoms. The lowest BCUT2D eigenvalue weighted by Gasteiger charge is -2.37. The zero-order valence-electron chi connectivity index (χ0n) is 12.4. The number of ether oxygens (including phenoxy) is 1. The van der Waals surface area contributed by atoms with Crippen molar-refractivity contribution in [2.24, 2.45) is 5.92 Å². The molecule has 0 aromatic heterocycles. The molecule has 0 saturated carbocycles. The monoisotopic (exact) mass is 355 g/mol. The van der Waals surface area contributed by atoms with Crippen LogP contribution in [0.2, 0.25) is 0 Å². The molecule has 2 aromatic rings. The molecule has 2 nitrogen and oxygen atoms in total. The molecule has 1 heterocycles. The summed E-state index contributed by atoms with van der Waals surface area (Å²) in [6, 6.07) is 15.4. The van der Waals surface area contributed by atoms with Gasteiger partial charge in [-0.3, -0.25) is 0 Å². The standard InChI is InChI=1S/C19H18BrNO/c1-22-14-9-10-18-17(11-14)15-3-2-4-16(15)19(21-18)12-5-7-13(20)8-6-12/h2-3,5-11,15-16,19,21H,4H2,1H3/t15-,16-,19-/m1/s1. The van der Waals surface area contributed by atoms with Gasteiger partial charge in [-0.15, -0.1) is 0 Å². The van der Waals surface area contributed by atoms with Gasteiger partial charge in [0.2, 0.25) is 0 Å². The Morgan fingerprint density at radius 3 is 2.73 bits per heavy atom. The number of rotatable bonds is 2. The van der Waals surface area contributed by atoms with Crippen LogP contribution in [0.5, 0.6) is 5.75 Å². The molecule has 4 rings (SSSR count). The van der Waals surface area contributed by atoms with E-state index in [2.05, 4.69) is 69.8 Å². The molecule has 2 aliphatic rings. The average Bonchev–Trinajstić information content (AvgIpc) is 3.04. The van der Waals surface area contributed by atoms with E-state index in [9.17, 15) is 0 Å². The van der Waals surface area contributed by atoms with Gasteiger partial charge in [0.25, 0.3) is 0 Å². The molecule has 0 spiro atoms. The summed E-state index contributed by atoms with van der Waals surface area (Å²) in [5.74, 6) is 1.97. The Kier molecular flexibility index (Phi) is 3.45. The number of benzene rings is 2. The van der Waals surface area contributed by atoms with E-state index < -0.39 is 0 Å². The van der Waals surface area contributed by atoms with Crippen LogP contribution in [-0.4, -0.2) is 7.11 Å². The van der Waals surface area contributed by atoms with E-state index in [1.165, 1.54) is 16.8 Å². The number of hydrogen-bond donors (Lipinski definition) is 1. The van der Waals surface area contributed by atoms with Crippen molar-refractivity contribution in [2.75, 3.05) is 12.4 Å². The summed E-state index contributed by atoms with van der Waals surface area (Å²) in [5.41, 5.74) is 3.93. The number of allylic oxidation sites excluding steroid dienone is 2. The van der Waals surface area contributed by atoms with Crippen molar-refractivity contribution in [2.45, 2.75) is 18.4 Å². The van der Waals surface area contributed by atoms with Gasteiger partial charge >= 0.3 is 0 Å². The molecule has 0 unspecified atom stereocenters. The molecule has 1 aliphatic heterocycles. The van der Waals surface area contributed by atoms with E-state index in [1.54, 1.807) is 7.11 Å². The summed E-state index contributed by atoms with van der Waals surface area (Å²) in [6.45, 7) is 0. The van der Waals surface area contributed by atoms with Crippen LogP contribution >= 0.6 is 15.9 Å². The molecule has 1 aliphatic carbocycles. The van der Waals surface area contributed by atoms with Crippen molar-refractivity contribution < 1.29 is 4.74 Å². The number of methoxy groups -OCH3 is 1. The Hall–Kier alpha value is -1.74. The highest BCUT2D eigenvalue weighted by atomic mass is 79.9. The van der Waals surface area contributed by atoms with Gasteiger partial charge in [0.1, 0.15) is 5.75 Å². The van der Waals surface area contributed by atoms with Gasteiger partial charge in [0.05, 0.1) is 13.2 Å². The third-order valence-electron chi connectivity index (χ3n) is 4.80. The highest BCUT2D eigenvalue weighted by Crippen LogP contribution is 2.50. The predicted molar refractivity (Wildman–Crippen MR) is 93.5 cm³/mol. The SMILES string of the molecule is COc1ccc2c(c1)[C@@H]1C=CC[C@H]1[C@@H](c1ccc(Br)cc1)N2. The van der Waals surface area contributed by atoms with Crippen LogP contribution < -0.4 is 10.1 Å². The fourth-order valence-electron chi connectivity index (χ4n) is 3.70. The maximum Gasteiger partial charge on any atom is 0.119 e. The smallest absolute Gasteiger partial charge is 0.119 e. The minimum Gasteiger partial charge on any atom is -0.497 e. The first-order valence-corrected chi connectivity index (χ1v) is 8.42. The highest BCUT2D eigenvalue weighted by molar-refractivity contribution is 9.10. The molecule has 3 atom stereocenters. The van der Waals surface area contributed by atoms with Gasteiger partial charge < -0.3 is 10.1 Å². The molecular weight excluding hydrogens is 338 g/mol. The Labute approximate surface area is 139 Å². The first-order valence-electron chi connectivity index (χ1n) is 7.63. The quantitative estimate of drug-likeness (QED) is 0.739. The van der Waals surface area contributed by atoms with Crippen molar-refractivity contribution in [3.63, 3.8) is 0 Å². The normalized spacial score (nSPS) is 25.3. The molecule has 3 heteroatoms. The molecule has 0 amide bonds. The number of halogens is 1. The van der Waals surface area contributed by atoms with Gasteiger partial charge in [0.15, 0.2) is 0 Å². The predicted octanol–water partition coefficient (Wildman–Crippen LogP) is 5.28. The summed E-state index contributed by atoms with van der Waals surface area (Å²) in [7, 11) is 1.73. The van der Waals surface area contributed by atoms with Crippen molar-refractivity contribution in [1.29, 1.82) is 0 Å². The molecular formula is C19H18BrNO. The Balaban J connectivity index is 1.76. The van der Waals surface area contributed by atoms with Gasteiger partial charge in [-0.25, -0.2) is 0 Å². The lowest BCUT2D eigenvalue weighted by Crippen LogP contribution is -2.29. The molecule has 112 valence electrons. The third-order valence-corrected chi connectivity index (χ3v) is 5.33. The van der Waals surface area contributed by atoms with Crippen molar-refractivity contribution >= 4 is 21.6 Å².